The molecule has 0 aliphatic carbocycles. The van der Waals surface area contributed by atoms with Gasteiger partial charge in [-0.25, -0.2) is 4.39 Å². The lowest BCUT2D eigenvalue weighted by Gasteiger charge is -2.18. The van der Waals surface area contributed by atoms with E-state index in [1.807, 2.05) is 0 Å². The second kappa shape index (κ2) is 4.16. The van der Waals surface area contributed by atoms with Crippen molar-refractivity contribution in [3.05, 3.63) is 29.6 Å². The molecule has 0 bridgehead atoms. The number of aliphatic hydroxyl groups is 1. The fourth-order valence-electron chi connectivity index (χ4n) is 1.87. The largest absolute Gasteiger partial charge is 0.396 e. The molecule has 15 heavy (non-hydrogen) atoms. The lowest BCUT2D eigenvalue weighted by Crippen LogP contribution is -2.14. The highest BCUT2D eigenvalue weighted by atomic mass is 19.1. The molecule has 1 fully saturated rings. The number of nitrogen functional groups attached to an aromatic ring is 1. The summed E-state index contributed by atoms with van der Waals surface area (Å²) in [6.07, 6.45) is 0.0557. The summed E-state index contributed by atoms with van der Waals surface area (Å²) in [4.78, 5) is 0. The standard InChI is InChI=1S/C11H14FNO2/c12-9-3-1-2-8(10(9)13)11(14)7-4-5-15-6-7/h1-3,7,11,14H,4-6,13H2. The zero-order chi connectivity index (χ0) is 10.8. The lowest BCUT2D eigenvalue weighted by molar-refractivity contribution is 0.0921. The average molecular weight is 211 g/mol. The van der Waals surface area contributed by atoms with E-state index in [0.717, 1.165) is 6.42 Å². The molecule has 3 nitrogen and oxygen atoms in total. The van der Waals surface area contributed by atoms with Crippen LogP contribution in [-0.2, 0) is 4.74 Å². The Morgan fingerprint density at radius 1 is 1.53 bits per heavy atom. The van der Waals surface area contributed by atoms with Crippen LogP contribution < -0.4 is 5.73 Å². The highest BCUT2D eigenvalue weighted by Crippen LogP contribution is 2.32. The number of para-hydroxylation sites is 1. The first kappa shape index (κ1) is 10.4. The molecule has 1 aliphatic heterocycles. The maximum atomic E-state index is 13.2. The fourth-order valence-corrected chi connectivity index (χ4v) is 1.87. The number of nitrogens with two attached hydrogens (primary N) is 1. The zero-order valence-electron chi connectivity index (χ0n) is 8.32. The summed E-state index contributed by atoms with van der Waals surface area (Å²) in [7, 11) is 0. The van der Waals surface area contributed by atoms with Crippen LogP contribution in [-0.4, -0.2) is 18.3 Å². The molecule has 1 aromatic rings. The van der Waals surface area contributed by atoms with Gasteiger partial charge in [0.05, 0.1) is 18.4 Å². The number of benzene rings is 1. The van der Waals surface area contributed by atoms with Gasteiger partial charge in [-0.3, -0.25) is 0 Å². The van der Waals surface area contributed by atoms with E-state index in [1.165, 1.54) is 6.07 Å². The molecule has 2 rings (SSSR count). The highest BCUT2D eigenvalue weighted by Gasteiger charge is 2.27. The van der Waals surface area contributed by atoms with Crippen molar-refractivity contribution in [3.63, 3.8) is 0 Å². The quantitative estimate of drug-likeness (QED) is 0.728. The first-order valence-electron chi connectivity index (χ1n) is 5.00. The second-order valence-electron chi connectivity index (χ2n) is 3.81. The normalized spacial score (nSPS) is 22.9. The van der Waals surface area contributed by atoms with Crippen LogP contribution in [0.4, 0.5) is 10.1 Å². The van der Waals surface area contributed by atoms with Crippen molar-refractivity contribution in [2.75, 3.05) is 18.9 Å². The number of hydrogen-bond donors (Lipinski definition) is 2. The Hall–Kier alpha value is -1.13. The van der Waals surface area contributed by atoms with Gasteiger partial charge < -0.3 is 15.6 Å². The molecule has 1 heterocycles. The first-order valence-corrected chi connectivity index (χ1v) is 5.00. The molecule has 4 heteroatoms. The average Bonchev–Trinajstić information content (AvgIpc) is 2.74. The van der Waals surface area contributed by atoms with E-state index in [-0.39, 0.29) is 11.6 Å². The zero-order valence-corrected chi connectivity index (χ0v) is 8.32. The number of aliphatic hydroxyl groups excluding tert-OH is 1. The van der Waals surface area contributed by atoms with Crippen LogP contribution in [0.3, 0.4) is 0 Å². The van der Waals surface area contributed by atoms with E-state index >= 15 is 0 Å². The Morgan fingerprint density at radius 3 is 3.00 bits per heavy atom. The van der Waals surface area contributed by atoms with Crippen LogP contribution in [0.1, 0.15) is 18.1 Å². The Morgan fingerprint density at radius 2 is 2.33 bits per heavy atom. The predicted molar refractivity (Wildman–Crippen MR) is 54.7 cm³/mol. The highest BCUT2D eigenvalue weighted by molar-refractivity contribution is 5.49. The molecule has 1 aliphatic rings. The number of halogens is 1. The molecule has 0 aromatic heterocycles. The number of ether oxygens (including phenoxy) is 1. The van der Waals surface area contributed by atoms with Gasteiger partial charge in [0, 0.05) is 18.1 Å². The molecular formula is C11H14FNO2. The van der Waals surface area contributed by atoms with Gasteiger partial charge in [0.15, 0.2) is 0 Å². The fraction of sp³-hybridized carbons (Fsp3) is 0.455. The van der Waals surface area contributed by atoms with E-state index < -0.39 is 11.9 Å². The molecule has 1 aromatic carbocycles. The number of rotatable bonds is 2. The molecule has 0 saturated carbocycles. The van der Waals surface area contributed by atoms with Gasteiger partial charge in [0.1, 0.15) is 5.82 Å². The smallest absolute Gasteiger partial charge is 0.146 e. The lowest BCUT2D eigenvalue weighted by atomic mass is 9.94. The molecular weight excluding hydrogens is 197 g/mol. The Kier molecular flexibility index (Phi) is 2.88. The molecule has 1 saturated heterocycles. The summed E-state index contributed by atoms with van der Waals surface area (Å²) in [6, 6.07) is 4.50. The van der Waals surface area contributed by atoms with Crippen LogP contribution in [0.25, 0.3) is 0 Å². The molecule has 2 atom stereocenters. The summed E-state index contributed by atoms with van der Waals surface area (Å²) >= 11 is 0. The van der Waals surface area contributed by atoms with Gasteiger partial charge in [-0.05, 0) is 12.5 Å². The Balaban J connectivity index is 2.24. The van der Waals surface area contributed by atoms with E-state index in [1.54, 1.807) is 12.1 Å². The van der Waals surface area contributed by atoms with Crippen molar-refractivity contribution in [1.82, 2.24) is 0 Å². The minimum atomic E-state index is -0.733. The van der Waals surface area contributed by atoms with Gasteiger partial charge in [-0.15, -0.1) is 0 Å². The Labute approximate surface area is 87.7 Å². The molecule has 3 N–H and O–H groups in total. The number of hydrogen-bond acceptors (Lipinski definition) is 3. The van der Waals surface area contributed by atoms with E-state index in [0.29, 0.717) is 18.8 Å². The SMILES string of the molecule is Nc1c(F)cccc1C(O)C1CCOC1. The molecule has 0 radical (unpaired) electrons. The van der Waals surface area contributed by atoms with Crippen molar-refractivity contribution in [2.24, 2.45) is 5.92 Å². The summed E-state index contributed by atoms with van der Waals surface area (Å²) in [5, 5.41) is 10.00. The minimum Gasteiger partial charge on any atom is -0.396 e. The van der Waals surface area contributed by atoms with Crippen LogP contribution >= 0.6 is 0 Å². The summed E-state index contributed by atoms with van der Waals surface area (Å²) in [5.74, 6) is -0.459. The molecule has 0 amide bonds. The third-order valence-electron chi connectivity index (χ3n) is 2.82. The number of anilines is 1. The van der Waals surface area contributed by atoms with Gasteiger partial charge in [0.25, 0.3) is 0 Å². The Bertz CT molecular complexity index is 350. The van der Waals surface area contributed by atoms with Gasteiger partial charge in [-0.1, -0.05) is 12.1 Å². The van der Waals surface area contributed by atoms with Gasteiger partial charge >= 0.3 is 0 Å². The molecule has 82 valence electrons. The minimum absolute atomic E-state index is 0.0223. The molecule has 0 spiro atoms. The summed E-state index contributed by atoms with van der Waals surface area (Å²) < 4.78 is 18.3. The van der Waals surface area contributed by atoms with Crippen LogP contribution in [0.2, 0.25) is 0 Å². The summed E-state index contributed by atoms with van der Waals surface area (Å²) in [6.45, 7) is 1.16. The maximum absolute atomic E-state index is 13.2. The third kappa shape index (κ3) is 1.96. The topological polar surface area (TPSA) is 55.5 Å². The van der Waals surface area contributed by atoms with E-state index in [4.69, 9.17) is 10.5 Å². The second-order valence-corrected chi connectivity index (χ2v) is 3.81. The summed E-state index contributed by atoms with van der Waals surface area (Å²) in [5.41, 5.74) is 6.08. The van der Waals surface area contributed by atoms with Crippen molar-refractivity contribution in [3.8, 4) is 0 Å². The van der Waals surface area contributed by atoms with E-state index in [2.05, 4.69) is 0 Å². The van der Waals surface area contributed by atoms with Crippen LogP contribution in [0.5, 0.6) is 0 Å². The van der Waals surface area contributed by atoms with E-state index in [9.17, 15) is 9.50 Å². The maximum Gasteiger partial charge on any atom is 0.146 e. The first-order chi connectivity index (χ1) is 7.20. The van der Waals surface area contributed by atoms with Gasteiger partial charge in [-0.2, -0.15) is 0 Å². The van der Waals surface area contributed by atoms with Crippen molar-refractivity contribution in [1.29, 1.82) is 0 Å². The van der Waals surface area contributed by atoms with Gasteiger partial charge in [0.2, 0.25) is 0 Å². The van der Waals surface area contributed by atoms with Crippen molar-refractivity contribution in [2.45, 2.75) is 12.5 Å². The van der Waals surface area contributed by atoms with Crippen molar-refractivity contribution < 1.29 is 14.2 Å². The third-order valence-corrected chi connectivity index (χ3v) is 2.82. The predicted octanol–water partition coefficient (Wildman–Crippen LogP) is 1.48. The monoisotopic (exact) mass is 211 g/mol. The van der Waals surface area contributed by atoms with Crippen molar-refractivity contribution >= 4 is 5.69 Å². The van der Waals surface area contributed by atoms with Crippen LogP contribution in [0.15, 0.2) is 18.2 Å². The van der Waals surface area contributed by atoms with Crippen LogP contribution in [0, 0.1) is 11.7 Å². The molecule has 2 unspecified atom stereocenters.